The topological polar surface area (TPSA) is 285 Å². The standard InChI is InChI=1S/6C2N2.Ir/c6*3-1-2-4;. The Balaban J connectivity index is -0.0000000309. The van der Waals surface area contributed by atoms with Gasteiger partial charge in [0.2, 0.25) is 0 Å². The van der Waals surface area contributed by atoms with E-state index in [1.165, 1.54) is 72.8 Å². The van der Waals surface area contributed by atoms with Crippen molar-refractivity contribution in [2.75, 3.05) is 0 Å². The summed E-state index contributed by atoms with van der Waals surface area (Å²) in [6.45, 7) is 0. The van der Waals surface area contributed by atoms with Crippen molar-refractivity contribution in [3.63, 3.8) is 0 Å². The number of rotatable bonds is 0. The van der Waals surface area contributed by atoms with Gasteiger partial charge in [-0.05, 0) is 0 Å². The molecule has 0 saturated heterocycles. The van der Waals surface area contributed by atoms with E-state index in [4.69, 9.17) is 63.1 Å². The van der Waals surface area contributed by atoms with Crippen LogP contribution in [0.4, 0.5) is 0 Å². The molecule has 0 N–H and O–H groups in total. The molecule has 0 unspecified atom stereocenters. The average molecular weight is 504 g/mol. The molecular formula is C12IrN12. The Morgan fingerprint density at radius 2 is 0.240 bits per heavy atom. The maximum atomic E-state index is 7.26. The first kappa shape index (κ1) is 42.7. The smallest absolute Gasteiger partial charge is 0.181 e. The van der Waals surface area contributed by atoms with Crippen molar-refractivity contribution >= 4 is 0 Å². The van der Waals surface area contributed by atoms with Gasteiger partial charge < -0.3 is 0 Å². The zero-order valence-corrected chi connectivity index (χ0v) is 14.1. The summed E-state index contributed by atoms with van der Waals surface area (Å²) in [7, 11) is 0. The van der Waals surface area contributed by atoms with Crippen molar-refractivity contribution in [3.8, 4) is 72.8 Å². The summed E-state index contributed by atoms with van der Waals surface area (Å²) >= 11 is 0. The molecule has 0 rings (SSSR count). The van der Waals surface area contributed by atoms with Crippen LogP contribution in [0, 0.1) is 136 Å². The fourth-order valence-electron chi connectivity index (χ4n) is 0. The Kier molecular flexibility index (Phi) is 228. The fourth-order valence-corrected chi connectivity index (χ4v) is 0. The average Bonchev–Trinajstić information content (AvgIpc) is 2.68. The molecule has 13 heteroatoms. The van der Waals surface area contributed by atoms with Crippen LogP contribution in [0.3, 0.4) is 0 Å². The molecule has 0 bridgehead atoms. The van der Waals surface area contributed by atoms with Gasteiger partial charge in [-0.3, -0.25) is 0 Å². The van der Waals surface area contributed by atoms with Crippen molar-refractivity contribution in [2.45, 2.75) is 0 Å². The van der Waals surface area contributed by atoms with Crippen LogP contribution >= 0.6 is 0 Å². The van der Waals surface area contributed by atoms with Gasteiger partial charge in [-0.1, -0.05) is 0 Å². The third kappa shape index (κ3) is 18100. The van der Waals surface area contributed by atoms with Gasteiger partial charge in [-0.25, -0.2) is 0 Å². The van der Waals surface area contributed by atoms with Crippen LogP contribution in [0.15, 0.2) is 0 Å². The minimum atomic E-state index is 0. The van der Waals surface area contributed by atoms with E-state index in [0.29, 0.717) is 0 Å². The predicted octanol–water partition coefficient (Wildman–Crippen LogP) is 0.199. The first-order valence-corrected chi connectivity index (χ1v) is 4.18. The summed E-state index contributed by atoms with van der Waals surface area (Å²) in [6, 6.07) is 14.8. The van der Waals surface area contributed by atoms with Crippen LogP contribution in [0.25, 0.3) is 0 Å². The minimum Gasteiger partial charge on any atom is -0.181 e. The van der Waals surface area contributed by atoms with E-state index in [1.807, 2.05) is 0 Å². The van der Waals surface area contributed by atoms with E-state index in [1.54, 1.807) is 0 Å². The molecule has 0 aromatic heterocycles. The van der Waals surface area contributed by atoms with E-state index < -0.39 is 0 Å². The van der Waals surface area contributed by atoms with Crippen LogP contribution < -0.4 is 0 Å². The maximum absolute atomic E-state index is 7.26. The summed E-state index contributed by atoms with van der Waals surface area (Å²) in [5.74, 6) is 0. The Morgan fingerprint density at radius 1 is 0.200 bits per heavy atom. The monoisotopic (exact) mass is 505 g/mol. The maximum Gasteiger partial charge on any atom is 0.181 e. The normalized spacial score (nSPS) is 2.40. The summed E-state index contributed by atoms with van der Waals surface area (Å²) in [5, 5.41) is 87.2. The second-order valence-corrected chi connectivity index (χ2v) is 1.34. The first-order valence-electron chi connectivity index (χ1n) is 4.18. The number of nitrogens with zero attached hydrogens (tertiary/aromatic N) is 12. The van der Waals surface area contributed by atoms with Crippen molar-refractivity contribution in [2.24, 2.45) is 0 Å². The van der Waals surface area contributed by atoms with Gasteiger partial charge >= 0.3 is 0 Å². The molecule has 0 amide bonds. The van der Waals surface area contributed by atoms with Crippen molar-refractivity contribution in [1.82, 2.24) is 0 Å². The molecule has 0 aliphatic rings. The summed E-state index contributed by atoms with van der Waals surface area (Å²) in [4.78, 5) is 0. The van der Waals surface area contributed by atoms with Crippen molar-refractivity contribution in [3.05, 3.63) is 0 Å². The Hall–Kier alpha value is -5.47. The Bertz CT molecular complexity index is 546. The van der Waals surface area contributed by atoms with Gasteiger partial charge in [-0.2, -0.15) is 63.1 Å². The zero-order chi connectivity index (χ0) is 20.5. The van der Waals surface area contributed by atoms with Crippen LogP contribution in [-0.4, -0.2) is 0 Å². The third-order valence-corrected chi connectivity index (χ3v) is 0.300. The van der Waals surface area contributed by atoms with E-state index in [9.17, 15) is 0 Å². The molecule has 1 radical (unpaired) electrons. The van der Waals surface area contributed by atoms with Gasteiger partial charge in [0.05, 0.1) is 0 Å². The molecule has 25 heavy (non-hydrogen) atoms. The van der Waals surface area contributed by atoms with Crippen molar-refractivity contribution < 1.29 is 20.1 Å². The van der Waals surface area contributed by atoms with E-state index in [-0.39, 0.29) is 20.1 Å². The second kappa shape index (κ2) is 134. The predicted molar refractivity (Wildman–Crippen MR) is 67.4 cm³/mol. The largest absolute Gasteiger partial charge is 0.181 e. The van der Waals surface area contributed by atoms with E-state index in [0.717, 1.165) is 0 Å². The van der Waals surface area contributed by atoms with Gasteiger partial charge in [0, 0.05) is 20.1 Å². The minimum absolute atomic E-state index is 0. The molecule has 0 aliphatic heterocycles. The molecule has 0 aromatic carbocycles. The second-order valence-electron chi connectivity index (χ2n) is 1.34. The molecule has 0 fully saturated rings. The Labute approximate surface area is 156 Å². The van der Waals surface area contributed by atoms with Crippen LogP contribution in [-0.2, 0) is 20.1 Å². The van der Waals surface area contributed by atoms with Crippen LogP contribution in [0.1, 0.15) is 0 Å². The first-order chi connectivity index (χ1) is 11.5. The van der Waals surface area contributed by atoms with Gasteiger partial charge in [0.1, 0.15) is 0 Å². The number of hydrogen-bond donors (Lipinski definition) is 0. The van der Waals surface area contributed by atoms with E-state index >= 15 is 0 Å². The van der Waals surface area contributed by atoms with Gasteiger partial charge in [0.15, 0.2) is 72.8 Å². The summed E-state index contributed by atoms with van der Waals surface area (Å²) < 4.78 is 0. The Morgan fingerprint density at radius 3 is 0.240 bits per heavy atom. The van der Waals surface area contributed by atoms with E-state index in [2.05, 4.69) is 0 Å². The number of nitriles is 12. The van der Waals surface area contributed by atoms with Gasteiger partial charge in [0.25, 0.3) is 0 Å². The van der Waals surface area contributed by atoms with Crippen LogP contribution in [0.5, 0.6) is 0 Å². The molecule has 0 aromatic rings. The third-order valence-electron chi connectivity index (χ3n) is 0.300. The molecular weight excluding hydrogens is 504 g/mol. The molecule has 0 heterocycles. The van der Waals surface area contributed by atoms with Crippen molar-refractivity contribution in [1.29, 1.82) is 63.1 Å². The molecule has 0 atom stereocenters. The molecule has 0 saturated carbocycles. The fraction of sp³-hybridized carbons (Fsp3) is 0. The quantitative estimate of drug-likeness (QED) is 0.427. The molecule has 0 aliphatic carbocycles. The molecule has 117 valence electrons. The van der Waals surface area contributed by atoms with Crippen LogP contribution in [0.2, 0.25) is 0 Å². The SMILES string of the molecule is N#CC#N.N#CC#N.N#CC#N.N#CC#N.N#CC#N.N#CC#N.[Ir]. The summed E-state index contributed by atoms with van der Waals surface area (Å²) in [6.07, 6.45) is 0. The molecule has 12 nitrogen and oxygen atoms in total. The van der Waals surface area contributed by atoms with Gasteiger partial charge in [-0.15, -0.1) is 0 Å². The zero-order valence-electron chi connectivity index (χ0n) is 11.7. The number of hydrogen-bond acceptors (Lipinski definition) is 12. The summed E-state index contributed by atoms with van der Waals surface area (Å²) in [5.41, 5.74) is 0. The molecule has 0 spiro atoms.